The van der Waals surface area contributed by atoms with Gasteiger partial charge in [0.25, 0.3) is 0 Å². The average molecular weight is 410 g/mol. The first-order chi connectivity index (χ1) is 13.1. The SMILES string of the molecule is CCCCOC(C)c1nc(-c2cccc(S(C)(=O)=O)c2)nn1CC(C)(C)CO. The molecule has 7 nitrogen and oxygen atoms in total. The molecule has 2 rings (SSSR count). The van der Waals surface area contributed by atoms with Crippen molar-refractivity contribution in [3.8, 4) is 11.4 Å². The third kappa shape index (κ3) is 5.86. The Morgan fingerprint density at radius 1 is 1.32 bits per heavy atom. The van der Waals surface area contributed by atoms with Crippen LogP contribution in [0.4, 0.5) is 0 Å². The molecule has 0 aliphatic rings. The number of aliphatic hydroxyl groups excluding tert-OH is 1. The summed E-state index contributed by atoms with van der Waals surface area (Å²) in [5.74, 6) is 1.11. The Bertz CT molecular complexity index is 891. The van der Waals surface area contributed by atoms with E-state index in [1.54, 1.807) is 28.9 Å². The molecule has 0 saturated heterocycles. The maximum Gasteiger partial charge on any atom is 0.181 e. The van der Waals surface area contributed by atoms with Gasteiger partial charge in [-0.25, -0.2) is 18.1 Å². The fraction of sp³-hybridized carbons (Fsp3) is 0.600. The van der Waals surface area contributed by atoms with E-state index >= 15 is 0 Å². The Hall–Kier alpha value is -1.77. The van der Waals surface area contributed by atoms with Crippen LogP contribution >= 0.6 is 0 Å². The molecule has 0 radical (unpaired) electrons. The smallest absolute Gasteiger partial charge is 0.181 e. The first-order valence-electron chi connectivity index (χ1n) is 9.55. The molecular weight excluding hydrogens is 378 g/mol. The molecule has 0 amide bonds. The molecule has 1 atom stereocenters. The molecule has 0 bridgehead atoms. The summed E-state index contributed by atoms with van der Waals surface area (Å²) in [6.45, 7) is 9.05. The van der Waals surface area contributed by atoms with Crippen LogP contribution in [0.1, 0.15) is 52.5 Å². The third-order valence-electron chi connectivity index (χ3n) is 4.46. The molecule has 0 fully saturated rings. The van der Waals surface area contributed by atoms with Crippen LogP contribution in [0.3, 0.4) is 0 Å². The largest absolute Gasteiger partial charge is 0.396 e. The molecule has 8 heteroatoms. The molecule has 1 aromatic carbocycles. The van der Waals surface area contributed by atoms with Crippen molar-refractivity contribution in [1.82, 2.24) is 14.8 Å². The third-order valence-corrected chi connectivity index (χ3v) is 5.57. The minimum atomic E-state index is -3.32. The number of hydrogen-bond donors (Lipinski definition) is 1. The van der Waals surface area contributed by atoms with Gasteiger partial charge in [0.1, 0.15) is 6.10 Å². The lowest BCUT2D eigenvalue weighted by Crippen LogP contribution is -2.26. The van der Waals surface area contributed by atoms with E-state index in [1.807, 2.05) is 20.8 Å². The molecule has 28 heavy (non-hydrogen) atoms. The maximum absolute atomic E-state index is 11.9. The summed E-state index contributed by atoms with van der Waals surface area (Å²) >= 11 is 0. The lowest BCUT2D eigenvalue weighted by atomic mass is 9.95. The van der Waals surface area contributed by atoms with Crippen LogP contribution in [0, 0.1) is 5.41 Å². The highest BCUT2D eigenvalue weighted by molar-refractivity contribution is 7.90. The van der Waals surface area contributed by atoms with Crippen LogP contribution in [0.2, 0.25) is 0 Å². The van der Waals surface area contributed by atoms with E-state index in [4.69, 9.17) is 4.74 Å². The van der Waals surface area contributed by atoms with Crippen molar-refractivity contribution in [3.05, 3.63) is 30.1 Å². The second kappa shape index (κ2) is 9.15. The highest BCUT2D eigenvalue weighted by atomic mass is 32.2. The summed E-state index contributed by atoms with van der Waals surface area (Å²) in [7, 11) is -3.32. The van der Waals surface area contributed by atoms with E-state index in [9.17, 15) is 13.5 Å². The molecular formula is C20H31N3O4S. The minimum absolute atomic E-state index is 0.0102. The second-order valence-corrected chi connectivity index (χ2v) is 9.96. The van der Waals surface area contributed by atoms with E-state index in [0.29, 0.717) is 30.4 Å². The number of aliphatic hydroxyl groups is 1. The van der Waals surface area contributed by atoms with Gasteiger partial charge in [0.05, 0.1) is 11.4 Å². The zero-order valence-corrected chi connectivity index (χ0v) is 18.2. The van der Waals surface area contributed by atoms with E-state index in [1.165, 1.54) is 6.26 Å². The second-order valence-electron chi connectivity index (χ2n) is 7.94. The molecule has 1 heterocycles. The Morgan fingerprint density at radius 3 is 2.64 bits per heavy atom. The molecule has 2 aromatic rings. The molecule has 1 aromatic heterocycles. The normalized spacial score (nSPS) is 13.6. The topological polar surface area (TPSA) is 94.3 Å². The summed E-state index contributed by atoms with van der Waals surface area (Å²) in [6, 6.07) is 6.61. The fourth-order valence-electron chi connectivity index (χ4n) is 2.69. The highest BCUT2D eigenvalue weighted by Gasteiger charge is 2.24. The van der Waals surface area contributed by atoms with Gasteiger partial charge >= 0.3 is 0 Å². The highest BCUT2D eigenvalue weighted by Crippen LogP contribution is 2.26. The number of rotatable bonds is 10. The minimum Gasteiger partial charge on any atom is -0.396 e. The van der Waals surface area contributed by atoms with Crippen molar-refractivity contribution in [3.63, 3.8) is 0 Å². The van der Waals surface area contributed by atoms with Crippen molar-refractivity contribution in [2.45, 2.75) is 58.1 Å². The fourth-order valence-corrected chi connectivity index (χ4v) is 3.36. The number of benzene rings is 1. The number of aromatic nitrogens is 3. The Kier molecular flexibility index (Phi) is 7.36. The van der Waals surface area contributed by atoms with E-state index < -0.39 is 9.84 Å². The van der Waals surface area contributed by atoms with Gasteiger partial charge in [0.15, 0.2) is 21.5 Å². The number of sulfone groups is 1. The molecule has 0 spiro atoms. The van der Waals surface area contributed by atoms with Crippen LogP contribution in [-0.2, 0) is 21.1 Å². The number of hydrogen-bond acceptors (Lipinski definition) is 6. The lowest BCUT2D eigenvalue weighted by Gasteiger charge is -2.23. The monoisotopic (exact) mass is 409 g/mol. The van der Waals surface area contributed by atoms with Gasteiger partial charge in [-0.1, -0.05) is 39.3 Å². The summed E-state index contributed by atoms with van der Waals surface area (Å²) in [5, 5.41) is 14.3. The summed E-state index contributed by atoms with van der Waals surface area (Å²) in [5.41, 5.74) is 0.253. The van der Waals surface area contributed by atoms with Gasteiger partial charge in [-0.2, -0.15) is 5.10 Å². The maximum atomic E-state index is 11.9. The van der Waals surface area contributed by atoms with Crippen LogP contribution < -0.4 is 0 Å². The number of unbranched alkanes of at least 4 members (excludes halogenated alkanes) is 1. The molecule has 1 unspecified atom stereocenters. The van der Waals surface area contributed by atoms with Gasteiger partial charge in [-0.15, -0.1) is 0 Å². The van der Waals surface area contributed by atoms with E-state index in [0.717, 1.165) is 12.8 Å². The van der Waals surface area contributed by atoms with Crippen LogP contribution in [-0.4, -0.2) is 47.8 Å². The first-order valence-corrected chi connectivity index (χ1v) is 11.4. The number of nitrogens with zero attached hydrogens (tertiary/aromatic N) is 3. The van der Waals surface area contributed by atoms with Gasteiger partial charge in [-0.05, 0) is 25.5 Å². The van der Waals surface area contributed by atoms with Gasteiger partial charge < -0.3 is 9.84 Å². The van der Waals surface area contributed by atoms with Crippen molar-refractivity contribution in [1.29, 1.82) is 0 Å². The Labute approximate surface area is 167 Å². The van der Waals surface area contributed by atoms with E-state index in [2.05, 4.69) is 17.0 Å². The molecule has 0 saturated carbocycles. The van der Waals surface area contributed by atoms with Crippen LogP contribution in [0.15, 0.2) is 29.2 Å². The standard InChI is InChI=1S/C20H31N3O4S/c1-6-7-11-27-15(2)19-21-18(22-23(19)13-20(3,4)14-24)16-9-8-10-17(12-16)28(5,25)26/h8-10,12,15,24H,6-7,11,13-14H2,1-5H3. The van der Waals surface area contributed by atoms with Gasteiger partial charge in [0.2, 0.25) is 0 Å². The van der Waals surface area contributed by atoms with E-state index in [-0.39, 0.29) is 23.0 Å². The lowest BCUT2D eigenvalue weighted by molar-refractivity contribution is 0.0509. The Morgan fingerprint density at radius 2 is 2.04 bits per heavy atom. The first kappa shape index (κ1) is 22.5. The molecule has 1 N–H and O–H groups in total. The van der Waals surface area contributed by atoms with Crippen LogP contribution in [0.5, 0.6) is 0 Å². The molecule has 156 valence electrons. The van der Waals surface area contributed by atoms with Crippen molar-refractivity contribution < 1.29 is 18.3 Å². The van der Waals surface area contributed by atoms with Gasteiger partial charge in [0, 0.05) is 30.4 Å². The summed E-state index contributed by atoms with van der Waals surface area (Å²) in [4.78, 5) is 4.88. The predicted molar refractivity (Wildman–Crippen MR) is 109 cm³/mol. The van der Waals surface area contributed by atoms with Crippen LogP contribution in [0.25, 0.3) is 11.4 Å². The predicted octanol–water partition coefficient (Wildman–Crippen LogP) is 3.24. The van der Waals surface area contributed by atoms with Gasteiger partial charge in [-0.3, -0.25) is 0 Å². The van der Waals surface area contributed by atoms with Crippen molar-refractivity contribution >= 4 is 9.84 Å². The zero-order valence-electron chi connectivity index (χ0n) is 17.3. The van der Waals surface area contributed by atoms with Crippen molar-refractivity contribution in [2.75, 3.05) is 19.5 Å². The molecule has 0 aliphatic carbocycles. The quantitative estimate of drug-likeness (QED) is 0.605. The zero-order chi connectivity index (χ0) is 20.9. The Balaban J connectivity index is 2.43. The summed E-state index contributed by atoms with van der Waals surface area (Å²) < 4.78 is 31.4. The molecule has 0 aliphatic heterocycles. The average Bonchev–Trinajstić information content (AvgIpc) is 3.04. The van der Waals surface area contributed by atoms with Crippen molar-refractivity contribution in [2.24, 2.45) is 5.41 Å². The summed E-state index contributed by atoms with van der Waals surface area (Å²) in [6.07, 6.45) is 2.92. The number of ether oxygens (including phenoxy) is 1.